The van der Waals surface area contributed by atoms with E-state index in [1.807, 2.05) is 0 Å². The Morgan fingerprint density at radius 3 is 2.09 bits per heavy atom. The van der Waals surface area contributed by atoms with Crippen molar-refractivity contribution in [2.75, 3.05) is 6.61 Å². The third kappa shape index (κ3) is 2.42. The van der Waals surface area contributed by atoms with E-state index in [9.17, 15) is 8.78 Å². The summed E-state index contributed by atoms with van der Waals surface area (Å²) in [6.07, 6.45) is -2.83. The first-order chi connectivity index (χ1) is 4.95. The average Bonchev–Trinajstić information content (AvgIpc) is 1.88. The van der Waals surface area contributed by atoms with Crippen molar-refractivity contribution in [2.24, 2.45) is 10.6 Å². The third-order valence-electron chi connectivity index (χ3n) is 1.40. The fraction of sp³-hybridized carbons (Fsp3) is 0.833. The summed E-state index contributed by atoms with van der Waals surface area (Å²) in [5.41, 5.74) is -1.86. The predicted octanol–water partition coefficient (Wildman–Crippen LogP) is 1.10. The van der Waals surface area contributed by atoms with E-state index in [4.69, 9.17) is 10.3 Å². The monoisotopic (exact) mass is 167 g/mol. The molecule has 0 spiro atoms. The number of hydrogen-bond donors (Lipinski definition) is 2. The van der Waals surface area contributed by atoms with Crippen molar-refractivity contribution < 1.29 is 19.1 Å². The molecule has 0 radical (unpaired) electrons. The van der Waals surface area contributed by atoms with Gasteiger partial charge in [0, 0.05) is 5.41 Å². The lowest BCUT2D eigenvalue weighted by molar-refractivity contribution is 0.161. The van der Waals surface area contributed by atoms with E-state index in [0.717, 1.165) is 0 Å². The standard InChI is InChI=1S/C6H11F2NO2/c1-6(2,3-10)4(9-11)5(7)8/h5,10-11H,3H2,1-2H3. The molecule has 0 aromatic heterocycles. The first-order valence-corrected chi connectivity index (χ1v) is 3.07. The van der Waals surface area contributed by atoms with Crippen LogP contribution in [0.3, 0.4) is 0 Å². The third-order valence-corrected chi connectivity index (χ3v) is 1.40. The molecule has 0 atom stereocenters. The summed E-state index contributed by atoms with van der Waals surface area (Å²) < 4.78 is 24.0. The van der Waals surface area contributed by atoms with Gasteiger partial charge in [0.25, 0.3) is 6.43 Å². The molecule has 0 saturated carbocycles. The van der Waals surface area contributed by atoms with E-state index in [2.05, 4.69) is 5.16 Å². The minimum atomic E-state index is -2.83. The molecular weight excluding hydrogens is 156 g/mol. The van der Waals surface area contributed by atoms with Gasteiger partial charge in [-0.1, -0.05) is 19.0 Å². The molecule has 11 heavy (non-hydrogen) atoms. The molecule has 0 fully saturated rings. The van der Waals surface area contributed by atoms with Crippen LogP contribution in [0.25, 0.3) is 0 Å². The number of nitrogens with zero attached hydrogens (tertiary/aromatic N) is 1. The second kappa shape index (κ2) is 3.61. The number of aliphatic hydroxyl groups excluding tert-OH is 1. The number of oxime groups is 1. The highest BCUT2D eigenvalue weighted by Crippen LogP contribution is 2.20. The van der Waals surface area contributed by atoms with Crippen molar-refractivity contribution in [3.05, 3.63) is 0 Å². The Morgan fingerprint density at radius 2 is 2.00 bits per heavy atom. The Labute approximate surface area is 63.3 Å². The van der Waals surface area contributed by atoms with Crippen LogP contribution in [0.15, 0.2) is 5.16 Å². The first-order valence-electron chi connectivity index (χ1n) is 3.07. The molecule has 0 aromatic carbocycles. The van der Waals surface area contributed by atoms with E-state index in [-0.39, 0.29) is 0 Å². The fourth-order valence-corrected chi connectivity index (χ4v) is 0.555. The van der Waals surface area contributed by atoms with Crippen LogP contribution in [-0.4, -0.2) is 29.1 Å². The molecule has 3 nitrogen and oxygen atoms in total. The maximum Gasteiger partial charge on any atom is 0.280 e. The zero-order valence-electron chi connectivity index (χ0n) is 6.38. The zero-order chi connectivity index (χ0) is 9.07. The lowest BCUT2D eigenvalue weighted by atomic mass is 9.89. The van der Waals surface area contributed by atoms with Gasteiger partial charge in [-0.15, -0.1) is 0 Å². The first kappa shape index (κ1) is 10.3. The summed E-state index contributed by atoms with van der Waals surface area (Å²) >= 11 is 0. The Kier molecular flexibility index (Phi) is 3.38. The predicted molar refractivity (Wildman–Crippen MR) is 36.1 cm³/mol. The Morgan fingerprint density at radius 1 is 1.55 bits per heavy atom. The molecule has 2 N–H and O–H groups in total. The van der Waals surface area contributed by atoms with E-state index < -0.39 is 24.2 Å². The molecule has 0 heterocycles. The summed E-state index contributed by atoms with van der Waals surface area (Å²) in [5.74, 6) is 0. The number of aliphatic hydroxyl groups is 1. The lowest BCUT2D eigenvalue weighted by Crippen LogP contribution is -2.33. The molecule has 0 bridgehead atoms. The molecule has 66 valence electrons. The number of hydrogen-bond acceptors (Lipinski definition) is 3. The normalized spacial score (nSPS) is 14.2. The lowest BCUT2D eigenvalue weighted by Gasteiger charge is -2.21. The quantitative estimate of drug-likeness (QED) is 0.375. The molecule has 0 aromatic rings. The molecule has 0 aliphatic heterocycles. The van der Waals surface area contributed by atoms with Gasteiger partial charge in [0.05, 0.1) is 6.61 Å². The van der Waals surface area contributed by atoms with E-state index in [1.54, 1.807) is 0 Å². The van der Waals surface area contributed by atoms with Crippen molar-refractivity contribution in [1.29, 1.82) is 0 Å². The zero-order valence-corrected chi connectivity index (χ0v) is 6.38. The van der Waals surface area contributed by atoms with Crippen molar-refractivity contribution in [3.8, 4) is 0 Å². The molecule has 0 amide bonds. The van der Waals surface area contributed by atoms with Gasteiger partial charge in [-0.3, -0.25) is 0 Å². The molecule has 0 saturated heterocycles. The highest BCUT2D eigenvalue weighted by atomic mass is 19.3. The van der Waals surface area contributed by atoms with Crippen LogP contribution in [0.2, 0.25) is 0 Å². The highest BCUT2D eigenvalue weighted by Gasteiger charge is 2.31. The van der Waals surface area contributed by atoms with E-state index >= 15 is 0 Å². The van der Waals surface area contributed by atoms with Crippen molar-refractivity contribution in [3.63, 3.8) is 0 Å². The van der Waals surface area contributed by atoms with Gasteiger partial charge in [0.15, 0.2) is 0 Å². The Hall–Kier alpha value is -0.710. The topological polar surface area (TPSA) is 52.8 Å². The Bertz CT molecular complexity index is 157. The summed E-state index contributed by atoms with van der Waals surface area (Å²) in [6.45, 7) is 2.26. The van der Waals surface area contributed by atoms with Crippen LogP contribution in [0.4, 0.5) is 8.78 Å². The molecule has 0 aliphatic carbocycles. The van der Waals surface area contributed by atoms with Crippen LogP contribution in [-0.2, 0) is 0 Å². The SMILES string of the molecule is CC(C)(CO)C(=NO)C(F)F. The van der Waals surface area contributed by atoms with Gasteiger partial charge < -0.3 is 10.3 Å². The van der Waals surface area contributed by atoms with Crippen molar-refractivity contribution in [2.45, 2.75) is 20.3 Å². The van der Waals surface area contributed by atoms with E-state index in [1.165, 1.54) is 13.8 Å². The molecule has 0 aliphatic rings. The molecule has 5 heteroatoms. The van der Waals surface area contributed by atoms with Gasteiger partial charge in [-0.05, 0) is 0 Å². The molecule has 0 unspecified atom stereocenters. The second-order valence-electron chi connectivity index (χ2n) is 2.83. The maximum absolute atomic E-state index is 12.0. The van der Waals surface area contributed by atoms with Gasteiger partial charge in [0.2, 0.25) is 0 Å². The molecule has 0 rings (SSSR count). The van der Waals surface area contributed by atoms with Crippen LogP contribution in [0.1, 0.15) is 13.8 Å². The number of rotatable bonds is 3. The minimum absolute atomic E-state index is 0.475. The van der Waals surface area contributed by atoms with Gasteiger partial charge in [0.1, 0.15) is 5.71 Å². The van der Waals surface area contributed by atoms with Gasteiger partial charge in [-0.25, -0.2) is 8.78 Å². The number of alkyl halides is 2. The summed E-state index contributed by atoms with van der Waals surface area (Å²) in [4.78, 5) is 0. The van der Waals surface area contributed by atoms with Crippen molar-refractivity contribution >= 4 is 5.71 Å². The van der Waals surface area contributed by atoms with Crippen LogP contribution >= 0.6 is 0 Å². The average molecular weight is 167 g/mol. The highest BCUT2D eigenvalue weighted by molar-refractivity contribution is 5.91. The van der Waals surface area contributed by atoms with Gasteiger partial charge in [-0.2, -0.15) is 0 Å². The summed E-state index contributed by atoms with van der Waals surface area (Å²) in [5, 5.41) is 19.2. The van der Waals surface area contributed by atoms with Crippen LogP contribution < -0.4 is 0 Å². The maximum atomic E-state index is 12.0. The van der Waals surface area contributed by atoms with Crippen LogP contribution in [0.5, 0.6) is 0 Å². The smallest absolute Gasteiger partial charge is 0.280 e. The summed E-state index contributed by atoms with van der Waals surface area (Å²) in [7, 11) is 0. The Balaban J connectivity index is 4.52. The van der Waals surface area contributed by atoms with Crippen LogP contribution in [0, 0.1) is 5.41 Å². The van der Waals surface area contributed by atoms with E-state index in [0.29, 0.717) is 0 Å². The van der Waals surface area contributed by atoms with Crippen molar-refractivity contribution in [1.82, 2.24) is 0 Å². The molecular formula is C6H11F2NO2. The van der Waals surface area contributed by atoms with Gasteiger partial charge >= 0.3 is 0 Å². The minimum Gasteiger partial charge on any atom is -0.411 e. The largest absolute Gasteiger partial charge is 0.411 e. The number of halogens is 2. The fourth-order valence-electron chi connectivity index (χ4n) is 0.555. The second-order valence-corrected chi connectivity index (χ2v) is 2.83. The summed E-state index contributed by atoms with van der Waals surface area (Å²) in [6, 6.07) is 0.